The second-order valence-corrected chi connectivity index (χ2v) is 4.64. The summed E-state index contributed by atoms with van der Waals surface area (Å²) in [6.07, 6.45) is 3.10. The number of aromatic nitrogens is 1. The molecule has 22 heavy (non-hydrogen) atoms. The van der Waals surface area contributed by atoms with Gasteiger partial charge in [-0.2, -0.15) is 0 Å². The van der Waals surface area contributed by atoms with Gasteiger partial charge in [-0.25, -0.2) is 14.4 Å². The molecule has 0 aliphatic carbocycles. The molecule has 0 unspecified atom stereocenters. The average molecular weight is 311 g/mol. The van der Waals surface area contributed by atoms with Gasteiger partial charge in [0.15, 0.2) is 0 Å². The molecule has 1 aromatic rings. The number of aliphatic carboxylic acids is 2. The van der Waals surface area contributed by atoms with Gasteiger partial charge in [0.2, 0.25) is 0 Å². The van der Waals surface area contributed by atoms with Gasteiger partial charge < -0.3 is 25.1 Å². The van der Waals surface area contributed by atoms with Gasteiger partial charge in [0, 0.05) is 32.4 Å². The first kappa shape index (κ1) is 17.4. The molecule has 1 saturated heterocycles. The van der Waals surface area contributed by atoms with E-state index in [2.05, 4.69) is 21.8 Å². The first-order chi connectivity index (χ1) is 10.3. The molecule has 9 nitrogen and oxygen atoms in total. The lowest BCUT2D eigenvalue weighted by Crippen LogP contribution is -2.44. The predicted octanol–water partition coefficient (Wildman–Crippen LogP) is -0.313. The standard InChI is InChI=1S/C11H15N3O2.C2H2O4/c1-13-2-4-14(5-3-13)10-6-9(11(15)16)7-12-8-10;3-1(4)2(5)6/h6-8H,2-5H2,1H3,(H,15,16);(H,3,4)(H,5,6). The molecule has 0 spiro atoms. The number of pyridine rings is 1. The fourth-order valence-corrected chi connectivity index (χ4v) is 1.78. The molecule has 3 N–H and O–H groups in total. The van der Waals surface area contributed by atoms with Crippen molar-refractivity contribution in [2.45, 2.75) is 0 Å². The van der Waals surface area contributed by atoms with E-state index < -0.39 is 17.9 Å². The van der Waals surface area contributed by atoms with Crippen molar-refractivity contribution in [3.63, 3.8) is 0 Å². The van der Waals surface area contributed by atoms with Crippen molar-refractivity contribution in [2.75, 3.05) is 38.1 Å². The van der Waals surface area contributed by atoms with Crippen molar-refractivity contribution in [2.24, 2.45) is 0 Å². The number of hydrogen-bond acceptors (Lipinski definition) is 6. The molecule has 9 heteroatoms. The van der Waals surface area contributed by atoms with E-state index in [0.29, 0.717) is 0 Å². The van der Waals surface area contributed by atoms with E-state index in [9.17, 15) is 4.79 Å². The Bertz CT molecular complexity index is 542. The van der Waals surface area contributed by atoms with Crippen LogP contribution in [0.1, 0.15) is 10.4 Å². The van der Waals surface area contributed by atoms with Crippen LogP contribution in [0.3, 0.4) is 0 Å². The summed E-state index contributed by atoms with van der Waals surface area (Å²) in [4.78, 5) is 37.4. The van der Waals surface area contributed by atoms with Gasteiger partial charge in [-0.15, -0.1) is 0 Å². The maximum atomic E-state index is 10.8. The molecule has 2 heterocycles. The number of rotatable bonds is 2. The fourth-order valence-electron chi connectivity index (χ4n) is 1.78. The average Bonchev–Trinajstić information content (AvgIpc) is 2.48. The summed E-state index contributed by atoms with van der Waals surface area (Å²) in [6.45, 7) is 3.83. The number of carbonyl (C=O) groups is 3. The molecule has 120 valence electrons. The molecule has 0 saturated carbocycles. The zero-order chi connectivity index (χ0) is 16.7. The van der Waals surface area contributed by atoms with Crippen LogP contribution in [0, 0.1) is 0 Å². The van der Waals surface area contributed by atoms with E-state index in [0.717, 1.165) is 31.9 Å². The minimum atomic E-state index is -1.82. The maximum absolute atomic E-state index is 10.8. The molecule has 1 fully saturated rings. The van der Waals surface area contributed by atoms with Crippen LogP contribution in [-0.4, -0.2) is 76.3 Å². The number of anilines is 1. The predicted molar refractivity (Wildman–Crippen MR) is 76.2 cm³/mol. The summed E-state index contributed by atoms with van der Waals surface area (Å²) in [5, 5.41) is 23.7. The van der Waals surface area contributed by atoms with Crippen molar-refractivity contribution in [1.29, 1.82) is 0 Å². The Morgan fingerprint density at radius 2 is 1.55 bits per heavy atom. The summed E-state index contributed by atoms with van der Waals surface area (Å²) in [6, 6.07) is 1.68. The fraction of sp³-hybridized carbons (Fsp3) is 0.385. The van der Waals surface area contributed by atoms with Gasteiger partial charge in [-0.1, -0.05) is 0 Å². The topological polar surface area (TPSA) is 131 Å². The second-order valence-electron chi connectivity index (χ2n) is 4.64. The van der Waals surface area contributed by atoms with Crippen LogP contribution >= 0.6 is 0 Å². The normalized spacial score (nSPS) is 14.7. The summed E-state index contributed by atoms with van der Waals surface area (Å²) in [5.74, 6) is -4.58. The quantitative estimate of drug-likeness (QED) is 0.629. The third-order valence-electron chi connectivity index (χ3n) is 3.02. The molecular formula is C13H17N3O6. The molecule has 0 radical (unpaired) electrons. The highest BCUT2D eigenvalue weighted by atomic mass is 16.4. The molecule has 0 aromatic carbocycles. The van der Waals surface area contributed by atoms with Gasteiger partial charge >= 0.3 is 17.9 Å². The summed E-state index contributed by atoms with van der Waals surface area (Å²) in [7, 11) is 2.09. The Labute approximate surface area is 126 Å². The monoisotopic (exact) mass is 311 g/mol. The highest BCUT2D eigenvalue weighted by Gasteiger charge is 2.15. The largest absolute Gasteiger partial charge is 0.478 e. The first-order valence-electron chi connectivity index (χ1n) is 6.39. The molecule has 2 rings (SSSR count). The van der Waals surface area contributed by atoms with Gasteiger partial charge in [-0.05, 0) is 13.1 Å². The van der Waals surface area contributed by atoms with E-state index in [1.165, 1.54) is 6.20 Å². The number of piperazine rings is 1. The highest BCUT2D eigenvalue weighted by Crippen LogP contribution is 2.16. The lowest BCUT2D eigenvalue weighted by molar-refractivity contribution is -0.159. The Balaban J connectivity index is 0.000000346. The maximum Gasteiger partial charge on any atom is 0.414 e. The van der Waals surface area contributed by atoms with Crippen LogP contribution in [0.25, 0.3) is 0 Å². The van der Waals surface area contributed by atoms with E-state index in [1.54, 1.807) is 12.3 Å². The van der Waals surface area contributed by atoms with E-state index in [-0.39, 0.29) is 5.56 Å². The zero-order valence-corrected chi connectivity index (χ0v) is 12.0. The SMILES string of the molecule is CN1CCN(c2cncc(C(=O)O)c2)CC1.O=C(O)C(=O)O. The zero-order valence-electron chi connectivity index (χ0n) is 12.0. The summed E-state index contributed by atoms with van der Waals surface area (Å²) in [5.41, 5.74) is 1.14. The lowest BCUT2D eigenvalue weighted by atomic mass is 10.2. The van der Waals surface area contributed by atoms with Crippen molar-refractivity contribution in [3.8, 4) is 0 Å². The number of carboxylic acids is 3. The minimum Gasteiger partial charge on any atom is -0.478 e. The number of aromatic carboxylic acids is 1. The third-order valence-corrected chi connectivity index (χ3v) is 3.02. The van der Waals surface area contributed by atoms with Crippen LogP contribution in [0.5, 0.6) is 0 Å². The minimum absolute atomic E-state index is 0.247. The summed E-state index contributed by atoms with van der Waals surface area (Å²) < 4.78 is 0. The van der Waals surface area contributed by atoms with Gasteiger partial charge in [0.05, 0.1) is 17.4 Å². The van der Waals surface area contributed by atoms with E-state index >= 15 is 0 Å². The summed E-state index contributed by atoms with van der Waals surface area (Å²) >= 11 is 0. The molecule has 0 atom stereocenters. The lowest BCUT2D eigenvalue weighted by Gasteiger charge is -2.33. The Kier molecular flexibility index (Phi) is 6.26. The second kappa shape index (κ2) is 7.93. The third kappa shape index (κ3) is 5.37. The Morgan fingerprint density at radius 1 is 1.00 bits per heavy atom. The molecule has 1 aliphatic rings. The van der Waals surface area contributed by atoms with E-state index in [4.69, 9.17) is 24.9 Å². The van der Waals surface area contributed by atoms with Crippen LogP contribution in [0.15, 0.2) is 18.5 Å². The number of nitrogens with zero attached hydrogens (tertiary/aromatic N) is 3. The highest BCUT2D eigenvalue weighted by molar-refractivity contribution is 6.27. The molecule has 1 aliphatic heterocycles. The first-order valence-corrected chi connectivity index (χ1v) is 6.39. The van der Waals surface area contributed by atoms with Gasteiger partial charge in [0.1, 0.15) is 0 Å². The number of hydrogen-bond donors (Lipinski definition) is 3. The van der Waals surface area contributed by atoms with E-state index in [1.807, 2.05) is 0 Å². The smallest absolute Gasteiger partial charge is 0.414 e. The molecular weight excluding hydrogens is 294 g/mol. The van der Waals surface area contributed by atoms with Crippen molar-refractivity contribution in [3.05, 3.63) is 24.0 Å². The number of likely N-dealkylation sites (N-methyl/N-ethyl adjacent to an activating group) is 1. The van der Waals surface area contributed by atoms with Crippen molar-refractivity contribution in [1.82, 2.24) is 9.88 Å². The van der Waals surface area contributed by atoms with Crippen LogP contribution in [0.2, 0.25) is 0 Å². The van der Waals surface area contributed by atoms with Crippen molar-refractivity contribution < 1.29 is 29.7 Å². The molecule has 0 bridgehead atoms. The van der Waals surface area contributed by atoms with Gasteiger partial charge in [0.25, 0.3) is 0 Å². The molecule has 1 aromatic heterocycles. The van der Waals surface area contributed by atoms with Crippen LogP contribution < -0.4 is 4.90 Å². The van der Waals surface area contributed by atoms with Gasteiger partial charge in [-0.3, -0.25) is 4.98 Å². The van der Waals surface area contributed by atoms with Crippen molar-refractivity contribution >= 4 is 23.6 Å². The number of carboxylic acid groups (broad SMARTS) is 3. The van der Waals surface area contributed by atoms with Crippen LogP contribution in [0.4, 0.5) is 5.69 Å². The Hall–Kier alpha value is -2.68. The van der Waals surface area contributed by atoms with Crippen LogP contribution in [-0.2, 0) is 9.59 Å². The molecule has 0 amide bonds. The Morgan fingerprint density at radius 3 is 2.00 bits per heavy atom.